The lowest BCUT2D eigenvalue weighted by molar-refractivity contribution is 0.102. The Morgan fingerprint density at radius 1 is 0.857 bits per heavy atom. The largest absolute Gasteiger partial charge is 0.321 e. The maximum atomic E-state index is 12.2. The van der Waals surface area contributed by atoms with Crippen LogP contribution in [-0.4, -0.2) is 15.9 Å². The molecule has 2 heterocycles. The molecule has 2 aromatic heterocycles. The molecule has 0 aliphatic carbocycles. The van der Waals surface area contributed by atoms with Gasteiger partial charge in [-0.25, -0.2) is 0 Å². The summed E-state index contributed by atoms with van der Waals surface area (Å²) in [5.74, 6) is -0.154. The molecule has 3 aromatic rings. The van der Waals surface area contributed by atoms with Crippen molar-refractivity contribution in [1.82, 2.24) is 9.97 Å². The van der Waals surface area contributed by atoms with Gasteiger partial charge in [0.05, 0.1) is 11.9 Å². The number of nitrogens with zero attached hydrogens (tertiary/aromatic N) is 2. The van der Waals surface area contributed by atoms with Gasteiger partial charge in [0.15, 0.2) is 0 Å². The second-order valence-corrected chi connectivity index (χ2v) is 4.51. The molecule has 0 bridgehead atoms. The van der Waals surface area contributed by atoms with Crippen molar-refractivity contribution in [3.8, 4) is 11.1 Å². The normalized spacial score (nSPS) is 10.1. The molecule has 0 saturated heterocycles. The van der Waals surface area contributed by atoms with Crippen LogP contribution in [0, 0.1) is 0 Å². The highest BCUT2D eigenvalue weighted by atomic mass is 16.1. The number of nitrogens with one attached hydrogen (secondary N) is 1. The molecule has 0 radical (unpaired) electrons. The number of carbonyl (C=O) groups is 1. The van der Waals surface area contributed by atoms with E-state index in [9.17, 15) is 4.79 Å². The molecule has 0 spiro atoms. The summed E-state index contributed by atoms with van der Waals surface area (Å²) in [4.78, 5) is 20.2. The molecule has 1 amide bonds. The van der Waals surface area contributed by atoms with Crippen molar-refractivity contribution in [2.45, 2.75) is 0 Å². The zero-order valence-electron chi connectivity index (χ0n) is 11.2. The van der Waals surface area contributed by atoms with E-state index < -0.39 is 0 Å². The molecule has 21 heavy (non-hydrogen) atoms. The number of pyridine rings is 2. The molecule has 0 unspecified atom stereocenters. The van der Waals surface area contributed by atoms with Gasteiger partial charge < -0.3 is 5.32 Å². The molecule has 4 nitrogen and oxygen atoms in total. The molecule has 102 valence electrons. The smallest absolute Gasteiger partial charge is 0.255 e. The van der Waals surface area contributed by atoms with E-state index in [1.54, 1.807) is 43.0 Å². The zero-order valence-corrected chi connectivity index (χ0v) is 11.2. The summed E-state index contributed by atoms with van der Waals surface area (Å²) in [5, 5.41) is 2.82. The predicted molar refractivity (Wildman–Crippen MR) is 81.9 cm³/mol. The van der Waals surface area contributed by atoms with Gasteiger partial charge in [-0.2, -0.15) is 0 Å². The van der Waals surface area contributed by atoms with Gasteiger partial charge >= 0.3 is 0 Å². The lowest BCUT2D eigenvalue weighted by Crippen LogP contribution is -2.11. The summed E-state index contributed by atoms with van der Waals surface area (Å²) in [6.07, 6.45) is 6.75. The van der Waals surface area contributed by atoms with Gasteiger partial charge in [-0.1, -0.05) is 12.1 Å². The molecule has 0 saturated carbocycles. The van der Waals surface area contributed by atoms with Gasteiger partial charge in [0.1, 0.15) is 0 Å². The molecule has 1 aromatic carbocycles. The maximum absolute atomic E-state index is 12.2. The summed E-state index contributed by atoms with van der Waals surface area (Å²) < 4.78 is 0. The Bertz CT molecular complexity index is 742. The first-order chi connectivity index (χ1) is 10.3. The first-order valence-electron chi connectivity index (χ1n) is 6.55. The molecule has 0 fully saturated rings. The van der Waals surface area contributed by atoms with E-state index in [1.807, 2.05) is 30.3 Å². The lowest BCUT2D eigenvalue weighted by atomic mass is 10.0. The van der Waals surface area contributed by atoms with E-state index in [-0.39, 0.29) is 5.91 Å². The molecular weight excluding hydrogens is 262 g/mol. The summed E-state index contributed by atoms with van der Waals surface area (Å²) in [7, 11) is 0. The minimum atomic E-state index is -0.154. The fourth-order valence-electron chi connectivity index (χ4n) is 2.02. The van der Waals surface area contributed by atoms with E-state index in [2.05, 4.69) is 15.3 Å². The van der Waals surface area contributed by atoms with Crippen molar-refractivity contribution in [3.63, 3.8) is 0 Å². The van der Waals surface area contributed by atoms with Crippen LogP contribution >= 0.6 is 0 Å². The molecule has 0 aliphatic rings. The van der Waals surface area contributed by atoms with Crippen LogP contribution in [0.2, 0.25) is 0 Å². The van der Waals surface area contributed by atoms with Crippen LogP contribution in [0.3, 0.4) is 0 Å². The molecular formula is C17H13N3O. The van der Waals surface area contributed by atoms with Gasteiger partial charge in [0.25, 0.3) is 5.91 Å². The number of hydrogen-bond acceptors (Lipinski definition) is 3. The van der Waals surface area contributed by atoms with Gasteiger partial charge in [-0.3, -0.25) is 14.8 Å². The van der Waals surface area contributed by atoms with Crippen LogP contribution in [0.4, 0.5) is 5.69 Å². The van der Waals surface area contributed by atoms with Gasteiger partial charge in [0, 0.05) is 24.2 Å². The monoisotopic (exact) mass is 275 g/mol. The van der Waals surface area contributed by atoms with Crippen molar-refractivity contribution in [1.29, 1.82) is 0 Å². The van der Waals surface area contributed by atoms with Crippen molar-refractivity contribution < 1.29 is 4.79 Å². The number of amides is 1. The lowest BCUT2D eigenvalue weighted by Gasteiger charge is -2.07. The highest BCUT2D eigenvalue weighted by Gasteiger charge is 2.07. The van der Waals surface area contributed by atoms with Gasteiger partial charge in [-0.15, -0.1) is 0 Å². The fourth-order valence-corrected chi connectivity index (χ4v) is 2.02. The average Bonchev–Trinajstić information content (AvgIpc) is 2.57. The topological polar surface area (TPSA) is 54.9 Å². The summed E-state index contributed by atoms with van der Waals surface area (Å²) >= 11 is 0. The maximum Gasteiger partial charge on any atom is 0.255 e. The summed E-state index contributed by atoms with van der Waals surface area (Å²) in [6, 6.07) is 14.9. The summed E-state index contributed by atoms with van der Waals surface area (Å²) in [5.41, 5.74) is 3.29. The standard InChI is InChI=1S/C17H13N3O/c21-17(20-16-5-2-8-19-12-16)15-4-1-3-14(11-15)13-6-9-18-10-7-13/h1-12H,(H,20,21). The number of rotatable bonds is 3. The van der Waals surface area contributed by atoms with Crippen LogP contribution in [0.5, 0.6) is 0 Å². The molecule has 4 heteroatoms. The first kappa shape index (κ1) is 13.0. The van der Waals surface area contributed by atoms with Crippen LogP contribution in [0.1, 0.15) is 10.4 Å². The van der Waals surface area contributed by atoms with Crippen LogP contribution in [0.15, 0.2) is 73.3 Å². The van der Waals surface area contributed by atoms with Gasteiger partial charge in [-0.05, 0) is 47.5 Å². The Morgan fingerprint density at radius 3 is 2.48 bits per heavy atom. The van der Waals surface area contributed by atoms with Crippen LogP contribution in [0.25, 0.3) is 11.1 Å². The third kappa shape index (κ3) is 3.12. The SMILES string of the molecule is O=C(Nc1cccnc1)c1cccc(-c2ccncc2)c1. The Kier molecular flexibility index (Phi) is 3.69. The quantitative estimate of drug-likeness (QED) is 0.797. The minimum absolute atomic E-state index is 0.154. The van der Waals surface area contributed by atoms with E-state index in [0.717, 1.165) is 11.1 Å². The minimum Gasteiger partial charge on any atom is -0.321 e. The van der Waals surface area contributed by atoms with Gasteiger partial charge in [0.2, 0.25) is 0 Å². The number of carbonyl (C=O) groups excluding carboxylic acids is 1. The van der Waals surface area contributed by atoms with E-state index in [0.29, 0.717) is 11.3 Å². The predicted octanol–water partition coefficient (Wildman–Crippen LogP) is 3.40. The van der Waals surface area contributed by atoms with E-state index >= 15 is 0 Å². The van der Waals surface area contributed by atoms with E-state index in [4.69, 9.17) is 0 Å². The fraction of sp³-hybridized carbons (Fsp3) is 0. The number of anilines is 1. The highest BCUT2D eigenvalue weighted by Crippen LogP contribution is 2.20. The van der Waals surface area contributed by atoms with Crippen molar-refractivity contribution in [3.05, 3.63) is 78.9 Å². The highest BCUT2D eigenvalue weighted by molar-refractivity contribution is 6.04. The molecule has 3 rings (SSSR count). The second-order valence-electron chi connectivity index (χ2n) is 4.51. The Morgan fingerprint density at radius 2 is 1.71 bits per heavy atom. The first-order valence-corrected chi connectivity index (χ1v) is 6.55. The van der Waals surface area contributed by atoms with Crippen molar-refractivity contribution >= 4 is 11.6 Å². The Balaban J connectivity index is 1.85. The van der Waals surface area contributed by atoms with E-state index in [1.165, 1.54) is 0 Å². The molecule has 0 atom stereocenters. The number of aromatic nitrogens is 2. The van der Waals surface area contributed by atoms with Crippen molar-refractivity contribution in [2.24, 2.45) is 0 Å². The summed E-state index contributed by atoms with van der Waals surface area (Å²) in [6.45, 7) is 0. The Hall–Kier alpha value is -3.01. The van der Waals surface area contributed by atoms with Crippen LogP contribution in [-0.2, 0) is 0 Å². The zero-order chi connectivity index (χ0) is 14.5. The molecule has 0 aliphatic heterocycles. The third-order valence-electron chi connectivity index (χ3n) is 3.06. The second kappa shape index (κ2) is 5.96. The number of benzene rings is 1. The Labute approximate surface area is 122 Å². The third-order valence-corrected chi connectivity index (χ3v) is 3.06. The van der Waals surface area contributed by atoms with Crippen LogP contribution < -0.4 is 5.32 Å². The average molecular weight is 275 g/mol. The van der Waals surface area contributed by atoms with Crippen molar-refractivity contribution in [2.75, 3.05) is 5.32 Å². The number of hydrogen-bond donors (Lipinski definition) is 1. The molecule has 1 N–H and O–H groups in total.